The Hall–Kier alpha value is -1.37. The van der Waals surface area contributed by atoms with Crippen LogP contribution in [0.1, 0.15) is 16.7 Å². The fourth-order valence-electron chi connectivity index (χ4n) is 1.96. The lowest BCUT2D eigenvalue weighted by Gasteiger charge is -2.13. The van der Waals surface area contributed by atoms with Crippen molar-refractivity contribution in [3.63, 3.8) is 0 Å². The number of aryl methyl sites for hydroxylation is 2. The number of nitrogens with one attached hydrogen (secondary N) is 1. The van der Waals surface area contributed by atoms with E-state index in [4.69, 9.17) is 5.11 Å². The van der Waals surface area contributed by atoms with Crippen LogP contribution in [0.3, 0.4) is 0 Å². The molecule has 0 saturated heterocycles. The first-order valence-electron chi connectivity index (χ1n) is 6.33. The molecule has 0 atom stereocenters. The van der Waals surface area contributed by atoms with E-state index < -0.39 is 10.0 Å². The van der Waals surface area contributed by atoms with Crippen molar-refractivity contribution in [1.29, 1.82) is 0 Å². The highest BCUT2D eigenvalue weighted by molar-refractivity contribution is 9.10. The van der Waals surface area contributed by atoms with E-state index in [2.05, 4.69) is 20.7 Å². The minimum Gasteiger partial charge on any atom is -0.392 e. The Balaban J connectivity index is 2.46. The van der Waals surface area contributed by atoms with Crippen molar-refractivity contribution in [2.24, 2.45) is 0 Å². The molecule has 4 nitrogen and oxygen atoms in total. The molecule has 2 rings (SSSR count). The monoisotopic (exact) mass is 369 g/mol. The standard InChI is InChI=1S/C15H16BrNO3S/c1-10-6-7-12(9-18)8-14(10)21(19,20)17-13-5-3-4-11(2)15(13)16/h3-8,17-18H,9H2,1-2H3. The van der Waals surface area contributed by atoms with Gasteiger partial charge in [0, 0.05) is 4.47 Å². The van der Waals surface area contributed by atoms with Crippen molar-refractivity contribution in [2.45, 2.75) is 25.3 Å². The van der Waals surface area contributed by atoms with Crippen LogP contribution in [-0.4, -0.2) is 13.5 Å². The third-order valence-electron chi connectivity index (χ3n) is 3.16. The number of rotatable bonds is 4. The van der Waals surface area contributed by atoms with Crippen molar-refractivity contribution in [1.82, 2.24) is 0 Å². The van der Waals surface area contributed by atoms with Crippen molar-refractivity contribution in [2.75, 3.05) is 4.72 Å². The molecule has 0 aliphatic rings. The molecule has 0 heterocycles. The van der Waals surface area contributed by atoms with E-state index in [9.17, 15) is 8.42 Å². The number of hydrogen-bond acceptors (Lipinski definition) is 3. The summed E-state index contributed by atoms with van der Waals surface area (Å²) < 4.78 is 28.4. The van der Waals surface area contributed by atoms with E-state index in [1.54, 1.807) is 31.2 Å². The normalized spacial score (nSPS) is 11.4. The second kappa shape index (κ2) is 6.17. The molecule has 0 bridgehead atoms. The topological polar surface area (TPSA) is 66.4 Å². The van der Waals surface area contributed by atoms with Gasteiger partial charge in [-0.15, -0.1) is 0 Å². The molecule has 0 aliphatic heterocycles. The first-order valence-corrected chi connectivity index (χ1v) is 8.61. The van der Waals surface area contributed by atoms with Gasteiger partial charge in [-0.05, 0) is 58.6 Å². The number of halogens is 1. The van der Waals surface area contributed by atoms with Gasteiger partial charge in [0.05, 0.1) is 17.2 Å². The molecule has 0 unspecified atom stereocenters. The van der Waals surface area contributed by atoms with Crippen LogP contribution < -0.4 is 4.72 Å². The van der Waals surface area contributed by atoms with E-state index in [0.717, 1.165) is 5.56 Å². The van der Waals surface area contributed by atoms with Gasteiger partial charge in [-0.25, -0.2) is 8.42 Å². The number of benzene rings is 2. The van der Waals surface area contributed by atoms with Crippen LogP contribution in [0.25, 0.3) is 0 Å². The van der Waals surface area contributed by atoms with Crippen LogP contribution in [0.15, 0.2) is 45.8 Å². The average molecular weight is 370 g/mol. The van der Waals surface area contributed by atoms with Gasteiger partial charge in [-0.2, -0.15) is 0 Å². The Bertz CT molecular complexity index is 772. The molecule has 0 aliphatic carbocycles. The molecule has 0 spiro atoms. The number of aliphatic hydroxyl groups is 1. The first-order chi connectivity index (χ1) is 9.85. The molecule has 21 heavy (non-hydrogen) atoms. The zero-order valence-electron chi connectivity index (χ0n) is 11.7. The van der Waals surface area contributed by atoms with Crippen molar-refractivity contribution < 1.29 is 13.5 Å². The van der Waals surface area contributed by atoms with Gasteiger partial charge in [-0.3, -0.25) is 4.72 Å². The Morgan fingerprint density at radius 3 is 2.52 bits per heavy atom. The van der Waals surface area contributed by atoms with Crippen LogP contribution in [0, 0.1) is 13.8 Å². The van der Waals surface area contributed by atoms with Crippen molar-refractivity contribution in [3.8, 4) is 0 Å². The smallest absolute Gasteiger partial charge is 0.262 e. The quantitative estimate of drug-likeness (QED) is 0.867. The molecule has 0 aromatic heterocycles. The lowest BCUT2D eigenvalue weighted by Crippen LogP contribution is -2.15. The van der Waals surface area contributed by atoms with Crippen molar-refractivity contribution >= 4 is 31.6 Å². The largest absolute Gasteiger partial charge is 0.392 e. The molecule has 2 N–H and O–H groups in total. The van der Waals surface area contributed by atoms with E-state index in [1.807, 2.05) is 13.0 Å². The summed E-state index contributed by atoms with van der Waals surface area (Å²) in [5.41, 5.74) is 2.62. The third kappa shape index (κ3) is 3.45. The summed E-state index contributed by atoms with van der Waals surface area (Å²) in [6, 6.07) is 10.2. The summed E-state index contributed by atoms with van der Waals surface area (Å²) in [7, 11) is -3.71. The predicted octanol–water partition coefficient (Wildman–Crippen LogP) is 3.36. The number of sulfonamides is 1. The Morgan fingerprint density at radius 2 is 1.86 bits per heavy atom. The van der Waals surface area contributed by atoms with Crippen molar-refractivity contribution in [3.05, 3.63) is 57.6 Å². The number of anilines is 1. The van der Waals surface area contributed by atoms with Gasteiger partial charge < -0.3 is 5.11 Å². The van der Waals surface area contributed by atoms with Gasteiger partial charge >= 0.3 is 0 Å². The van der Waals surface area contributed by atoms with Gasteiger partial charge in [0.2, 0.25) is 0 Å². The molecular weight excluding hydrogens is 354 g/mol. The van der Waals surface area contributed by atoms with Crippen LogP contribution in [0.4, 0.5) is 5.69 Å². The van der Waals surface area contributed by atoms with Crippen LogP contribution in [0.5, 0.6) is 0 Å². The maximum absolute atomic E-state index is 12.5. The molecule has 2 aromatic rings. The van der Waals surface area contributed by atoms with E-state index in [1.165, 1.54) is 6.07 Å². The maximum atomic E-state index is 12.5. The minimum absolute atomic E-state index is 0.169. The SMILES string of the molecule is Cc1ccc(CO)cc1S(=O)(=O)Nc1cccc(C)c1Br. The van der Waals surface area contributed by atoms with Gasteiger partial charge in [0.25, 0.3) is 10.0 Å². The molecule has 0 fully saturated rings. The minimum atomic E-state index is -3.71. The fraction of sp³-hybridized carbons (Fsp3) is 0.200. The Morgan fingerprint density at radius 1 is 1.14 bits per heavy atom. The lowest BCUT2D eigenvalue weighted by molar-refractivity contribution is 0.281. The van der Waals surface area contributed by atoms with Crippen LogP contribution in [-0.2, 0) is 16.6 Å². The molecule has 0 amide bonds. The van der Waals surface area contributed by atoms with E-state index in [-0.39, 0.29) is 11.5 Å². The summed E-state index contributed by atoms with van der Waals surface area (Å²) in [6.45, 7) is 3.41. The van der Waals surface area contributed by atoms with Gasteiger partial charge in [0.15, 0.2) is 0 Å². The Kier molecular flexibility index (Phi) is 4.70. The second-order valence-corrected chi connectivity index (χ2v) is 7.24. The highest BCUT2D eigenvalue weighted by Gasteiger charge is 2.19. The summed E-state index contributed by atoms with van der Waals surface area (Å²) in [6.07, 6.45) is 0. The first kappa shape index (κ1) is 16.0. The van der Waals surface area contributed by atoms with Crippen LogP contribution in [0.2, 0.25) is 0 Å². The number of hydrogen-bond donors (Lipinski definition) is 2. The molecule has 2 aromatic carbocycles. The molecule has 0 saturated carbocycles. The van der Waals surface area contributed by atoms with E-state index >= 15 is 0 Å². The van der Waals surface area contributed by atoms with Crippen LogP contribution >= 0.6 is 15.9 Å². The fourth-order valence-corrected chi connectivity index (χ4v) is 3.82. The zero-order valence-corrected chi connectivity index (χ0v) is 14.1. The average Bonchev–Trinajstić information content (AvgIpc) is 2.44. The second-order valence-electron chi connectivity index (χ2n) is 4.80. The summed E-state index contributed by atoms with van der Waals surface area (Å²) in [5.74, 6) is 0. The predicted molar refractivity (Wildman–Crippen MR) is 86.8 cm³/mol. The zero-order chi connectivity index (χ0) is 15.6. The Labute approximate surface area is 133 Å². The summed E-state index contributed by atoms with van der Waals surface area (Å²) >= 11 is 3.39. The lowest BCUT2D eigenvalue weighted by atomic mass is 10.2. The van der Waals surface area contributed by atoms with E-state index in [0.29, 0.717) is 21.3 Å². The third-order valence-corrected chi connectivity index (χ3v) is 5.72. The molecule has 0 radical (unpaired) electrons. The maximum Gasteiger partial charge on any atom is 0.262 e. The number of aliphatic hydroxyl groups excluding tert-OH is 1. The van der Waals surface area contributed by atoms with Gasteiger partial charge in [-0.1, -0.05) is 24.3 Å². The molecular formula is C15H16BrNO3S. The van der Waals surface area contributed by atoms with Gasteiger partial charge in [0.1, 0.15) is 0 Å². The molecule has 6 heteroatoms. The highest BCUT2D eigenvalue weighted by Crippen LogP contribution is 2.28. The summed E-state index contributed by atoms with van der Waals surface area (Å²) in [4.78, 5) is 0.169. The molecule has 112 valence electrons. The summed E-state index contributed by atoms with van der Waals surface area (Å²) in [5, 5.41) is 9.17. The highest BCUT2D eigenvalue weighted by atomic mass is 79.9.